The number of aryl methyl sites for hydroxylation is 2. The first-order chi connectivity index (χ1) is 13.8. The molecule has 2 aromatic rings. The largest absolute Gasteiger partial charge is 0.497 e. The standard InChI is InChI=1S/C24H32N2O3/c1-6-13-25-24(28)19(4)26(16-20-9-11-22(29-5)12-10-20)23(27)15-21-8-7-17(2)18(3)14-21/h7-12,14,19H,6,13,15-16H2,1-5H3,(H,25,28)/t19-/m0/s1. The van der Waals surface area contributed by atoms with Crippen molar-refractivity contribution >= 4 is 11.8 Å². The van der Waals surface area contributed by atoms with Gasteiger partial charge in [0.15, 0.2) is 0 Å². The van der Waals surface area contributed by atoms with Crippen molar-refractivity contribution in [1.29, 1.82) is 0 Å². The molecule has 2 aromatic carbocycles. The summed E-state index contributed by atoms with van der Waals surface area (Å²) in [5.74, 6) is 0.563. The summed E-state index contributed by atoms with van der Waals surface area (Å²) in [6, 6.07) is 13.1. The van der Waals surface area contributed by atoms with Crippen LogP contribution in [0.15, 0.2) is 42.5 Å². The fourth-order valence-corrected chi connectivity index (χ4v) is 3.10. The second-order valence-electron chi connectivity index (χ2n) is 7.43. The Bertz CT molecular complexity index is 831. The zero-order chi connectivity index (χ0) is 21.4. The second-order valence-corrected chi connectivity index (χ2v) is 7.43. The summed E-state index contributed by atoms with van der Waals surface area (Å²) in [4.78, 5) is 27.4. The number of amides is 2. The second kappa shape index (κ2) is 10.6. The highest BCUT2D eigenvalue weighted by atomic mass is 16.5. The quantitative estimate of drug-likeness (QED) is 0.701. The third-order valence-corrected chi connectivity index (χ3v) is 5.16. The highest BCUT2D eigenvalue weighted by Crippen LogP contribution is 2.17. The van der Waals surface area contributed by atoms with Gasteiger partial charge in [0, 0.05) is 13.1 Å². The van der Waals surface area contributed by atoms with Crippen LogP contribution in [0, 0.1) is 13.8 Å². The minimum absolute atomic E-state index is 0.0665. The molecule has 0 unspecified atom stereocenters. The molecule has 0 aromatic heterocycles. The predicted molar refractivity (Wildman–Crippen MR) is 116 cm³/mol. The number of carbonyl (C=O) groups is 2. The van der Waals surface area contributed by atoms with Crippen LogP contribution in [0.2, 0.25) is 0 Å². The molecule has 5 nitrogen and oxygen atoms in total. The number of ether oxygens (including phenoxy) is 1. The van der Waals surface area contributed by atoms with E-state index in [0.29, 0.717) is 13.1 Å². The molecule has 29 heavy (non-hydrogen) atoms. The van der Waals surface area contributed by atoms with Crippen molar-refractivity contribution in [2.45, 2.75) is 53.1 Å². The van der Waals surface area contributed by atoms with Crippen LogP contribution in [0.5, 0.6) is 5.75 Å². The van der Waals surface area contributed by atoms with Gasteiger partial charge in [-0.3, -0.25) is 9.59 Å². The van der Waals surface area contributed by atoms with Gasteiger partial charge in [-0.2, -0.15) is 0 Å². The van der Waals surface area contributed by atoms with Gasteiger partial charge in [0.25, 0.3) is 0 Å². The minimum Gasteiger partial charge on any atom is -0.497 e. The highest BCUT2D eigenvalue weighted by Gasteiger charge is 2.26. The maximum absolute atomic E-state index is 13.2. The number of hydrogen-bond donors (Lipinski definition) is 1. The smallest absolute Gasteiger partial charge is 0.242 e. The van der Waals surface area contributed by atoms with Crippen molar-refractivity contribution in [2.24, 2.45) is 0 Å². The number of methoxy groups -OCH3 is 1. The third-order valence-electron chi connectivity index (χ3n) is 5.16. The molecule has 156 valence electrons. The molecule has 1 N–H and O–H groups in total. The fourth-order valence-electron chi connectivity index (χ4n) is 3.10. The molecule has 2 rings (SSSR count). The summed E-state index contributed by atoms with van der Waals surface area (Å²) in [5.41, 5.74) is 4.27. The summed E-state index contributed by atoms with van der Waals surface area (Å²) in [6.45, 7) is 8.85. The molecular weight excluding hydrogens is 364 g/mol. The van der Waals surface area contributed by atoms with Gasteiger partial charge in [0.05, 0.1) is 13.5 Å². The summed E-state index contributed by atoms with van der Waals surface area (Å²) in [6.07, 6.45) is 1.12. The van der Waals surface area contributed by atoms with E-state index in [4.69, 9.17) is 4.74 Å². The Morgan fingerprint density at radius 1 is 1.03 bits per heavy atom. The number of carbonyl (C=O) groups excluding carboxylic acids is 2. The van der Waals surface area contributed by atoms with E-state index in [1.165, 1.54) is 5.56 Å². The lowest BCUT2D eigenvalue weighted by atomic mass is 10.0. The van der Waals surface area contributed by atoms with Gasteiger partial charge in [-0.15, -0.1) is 0 Å². The lowest BCUT2D eigenvalue weighted by Gasteiger charge is -2.29. The first-order valence-corrected chi connectivity index (χ1v) is 10.1. The molecule has 0 aliphatic rings. The summed E-state index contributed by atoms with van der Waals surface area (Å²) in [5, 5.41) is 2.90. The van der Waals surface area contributed by atoms with E-state index in [-0.39, 0.29) is 18.2 Å². The van der Waals surface area contributed by atoms with Gasteiger partial charge in [0.1, 0.15) is 11.8 Å². The molecule has 0 bridgehead atoms. The Morgan fingerprint density at radius 2 is 1.69 bits per heavy atom. The maximum Gasteiger partial charge on any atom is 0.242 e. The summed E-state index contributed by atoms with van der Waals surface area (Å²) in [7, 11) is 1.62. The topological polar surface area (TPSA) is 58.6 Å². The highest BCUT2D eigenvalue weighted by molar-refractivity contribution is 5.88. The maximum atomic E-state index is 13.2. The Kier molecular flexibility index (Phi) is 8.25. The van der Waals surface area contributed by atoms with Crippen LogP contribution in [0.25, 0.3) is 0 Å². The van der Waals surface area contributed by atoms with Crippen molar-refractivity contribution < 1.29 is 14.3 Å². The molecule has 0 aliphatic heterocycles. The SMILES string of the molecule is CCCNC(=O)[C@H](C)N(Cc1ccc(OC)cc1)C(=O)Cc1ccc(C)c(C)c1. The minimum atomic E-state index is -0.553. The molecule has 0 aliphatic carbocycles. The van der Waals surface area contributed by atoms with Gasteiger partial charge in [-0.05, 0) is 61.6 Å². The summed E-state index contributed by atoms with van der Waals surface area (Å²) >= 11 is 0. The van der Waals surface area contributed by atoms with Crippen molar-refractivity contribution in [2.75, 3.05) is 13.7 Å². The normalized spacial score (nSPS) is 11.6. The number of benzene rings is 2. The van der Waals surface area contributed by atoms with Crippen LogP contribution >= 0.6 is 0 Å². The predicted octanol–water partition coefficient (Wildman–Crippen LogP) is 3.80. The van der Waals surface area contributed by atoms with Crippen LogP contribution in [-0.4, -0.2) is 36.4 Å². The lowest BCUT2D eigenvalue weighted by molar-refractivity contribution is -0.140. The van der Waals surface area contributed by atoms with Gasteiger partial charge in [0.2, 0.25) is 11.8 Å². The number of nitrogens with one attached hydrogen (secondary N) is 1. The Hall–Kier alpha value is -2.82. The van der Waals surface area contributed by atoms with Crippen molar-refractivity contribution in [1.82, 2.24) is 10.2 Å². The van der Waals surface area contributed by atoms with Crippen LogP contribution < -0.4 is 10.1 Å². The van der Waals surface area contributed by atoms with Crippen molar-refractivity contribution in [3.05, 3.63) is 64.7 Å². The molecule has 0 radical (unpaired) electrons. The molecule has 0 saturated heterocycles. The van der Waals surface area contributed by atoms with Gasteiger partial charge in [-0.1, -0.05) is 37.3 Å². The molecular formula is C24H32N2O3. The van der Waals surface area contributed by atoms with Gasteiger partial charge >= 0.3 is 0 Å². The van der Waals surface area contributed by atoms with Gasteiger partial charge in [-0.25, -0.2) is 0 Å². The zero-order valence-corrected chi connectivity index (χ0v) is 18.1. The van der Waals surface area contributed by atoms with E-state index in [2.05, 4.69) is 12.2 Å². The van der Waals surface area contributed by atoms with Crippen molar-refractivity contribution in [3.63, 3.8) is 0 Å². The van der Waals surface area contributed by atoms with E-state index < -0.39 is 6.04 Å². The third kappa shape index (κ3) is 6.34. The van der Waals surface area contributed by atoms with E-state index in [9.17, 15) is 9.59 Å². The zero-order valence-electron chi connectivity index (χ0n) is 18.1. The first-order valence-electron chi connectivity index (χ1n) is 10.1. The molecule has 0 spiro atoms. The molecule has 2 amide bonds. The van der Waals surface area contributed by atoms with Crippen LogP contribution in [0.1, 0.15) is 42.5 Å². The van der Waals surface area contributed by atoms with Crippen molar-refractivity contribution in [3.8, 4) is 5.75 Å². The Balaban J connectivity index is 2.22. The average Bonchev–Trinajstić information content (AvgIpc) is 2.72. The average molecular weight is 397 g/mol. The number of nitrogens with zero attached hydrogens (tertiary/aromatic N) is 1. The number of rotatable bonds is 9. The van der Waals surface area contributed by atoms with E-state index in [1.807, 2.05) is 56.3 Å². The van der Waals surface area contributed by atoms with Crippen LogP contribution in [0.3, 0.4) is 0 Å². The summed E-state index contributed by atoms with van der Waals surface area (Å²) < 4.78 is 5.21. The fraction of sp³-hybridized carbons (Fsp3) is 0.417. The van der Waals surface area contributed by atoms with Crippen LogP contribution in [0.4, 0.5) is 0 Å². The molecule has 0 fully saturated rings. The van der Waals surface area contributed by atoms with E-state index in [0.717, 1.165) is 28.9 Å². The van der Waals surface area contributed by atoms with Gasteiger partial charge < -0.3 is 15.0 Å². The molecule has 0 saturated carbocycles. The Labute approximate surface area is 174 Å². The monoisotopic (exact) mass is 396 g/mol. The molecule has 1 atom stereocenters. The van der Waals surface area contributed by atoms with E-state index in [1.54, 1.807) is 18.9 Å². The lowest BCUT2D eigenvalue weighted by Crippen LogP contribution is -2.48. The van der Waals surface area contributed by atoms with Crippen LogP contribution in [-0.2, 0) is 22.6 Å². The molecule has 5 heteroatoms. The first kappa shape index (κ1) is 22.5. The Morgan fingerprint density at radius 3 is 2.28 bits per heavy atom. The number of hydrogen-bond acceptors (Lipinski definition) is 3. The molecule has 0 heterocycles. The van der Waals surface area contributed by atoms with E-state index >= 15 is 0 Å².